The largest absolute Gasteiger partial charge is 0.492 e. The maximum absolute atomic E-state index is 12.0. The highest BCUT2D eigenvalue weighted by Crippen LogP contribution is 2.43. The summed E-state index contributed by atoms with van der Waals surface area (Å²) >= 11 is 0. The second-order valence-electron chi connectivity index (χ2n) is 7.79. The minimum Gasteiger partial charge on any atom is -0.492 e. The van der Waals surface area contributed by atoms with Crippen LogP contribution in [0.1, 0.15) is 35.8 Å². The van der Waals surface area contributed by atoms with Crippen LogP contribution in [0.25, 0.3) is 0 Å². The molecule has 0 N–H and O–H groups in total. The van der Waals surface area contributed by atoms with Gasteiger partial charge in [-0.3, -0.25) is 19.7 Å². The fraction of sp³-hybridized carbons (Fsp3) is 0.240. The van der Waals surface area contributed by atoms with E-state index in [9.17, 15) is 14.9 Å². The number of nitrogens with zero attached hydrogens (tertiary/aromatic N) is 2. The summed E-state index contributed by atoms with van der Waals surface area (Å²) in [6, 6.07) is 23.2. The number of nitro benzene ring substituents is 1. The van der Waals surface area contributed by atoms with Gasteiger partial charge >= 0.3 is 0 Å². The van der Waals surface area contributed by atoms with Gasteiger partial charge in [0.15, 0.2) is 5.78 Å². The molecule has 0 amide bonds. The maximum atomic E-state index is 12.0. The van der Waals surface area contributed by atoms with Gasteiger partial charge in [-0.25, -0.2) is 5.06 Å². The molecule has 1 aliphatic rings. The number of anilines is 1. The van der Waals surface area contributed by atoms with Crippen molar-refractivity contribution in [2.75, 3.05) is 11.7 Å². The van der Waals surface area contributed by atoms with Gasteiger partial charge in [0.05, 0.1) is 34.9 Å². The molecule has 1 saturated heterocycles. The van der Waals surface area contributed by atoms with E-state index < -0.39 is 4.92 Å². The molecule has 1 fully saturated rings. The van der Waals surface area contributed by atoms with Crippen molar-refractivity contribution in [3.63, 3.8) is 0 Å². The molecule has 3 aromatic rings. The van der Waals surface area contributed by atoms with Crippen molar-refractivity contribution in [2.45, 2.75) is 26.0 Å². The number of hydroxylamine groups is 1. The Morgan fingerprint density at radius 2 is 1.69 bits per heavy atom. The van der Waals surface area contributed by atoms with Gasteiger partial charge in [-0.2, -0.15) is 0 Å². The molecule has 3 aromatic carbocycles. The van der Waals surface area contributed by atoms with Crippen LogP contribution >= 0.6 is 0 Å². The fourth-order valence-corrected chi connectivity index (χ4v) is 4.02. The summed E-state index contributed by atoms with van der Waals surface area (Å²) in [6.45, 7) is 3.81. The van der Waals surface area contributed by atoms with Crippen molar-refractivity contribution < 1.29 is 19.3 Å². The molecule has 0 unspecified atom stereocenters. The summed E-state index contributed by atoms with van der Waals surface area (Å²) < 4.78 is 6.11. The third-order valence-corrected chi connectivity index (χ3v) is 5.69. The van der Waals surface area contributed by atoms with E-state index in [0.717, 1.165) is 11.3 Å². The molecule has 164 valence electrons. The predicted octanol–water partition coefficient (Wildman–Crippen LogP) is 5.37. The van der Waals surface area contributed by atoms with Crippen LogP contribution in [-0.4, -0.2) is 23.4 Å². The summed E-state index contributed by atoms with van der Waals surface area (Å²) in [6.07, 6.45) is -0.181. The Kier molecular flexibility index (Phi) is 6.18. The number of rotatable bonds is 7. The summed E-state index contributed by atoms with van der Waals surface area (Å²) in [5.74, 6) is 0.388. The number of ether oxygens (including phenoxy) is 1. The van der Waals surface area contributed by atoms with Crippen molar-refractivity contribution in [1.29, 1.82) is 0 Å². The van der Waals surface area contributed by atoms with Crippen molar-refractivity contribution in [3.8, 4) is 5.75 Å². The van der Waals surface area contributed by atoms with Crippen LogP contribution in [0.4, 0.5) is 11.4 Å². The van der Waals surface area contributed by atoms with Gasteiger partial charge in [0.2, 0.25) is 0 Å². The van der Waals surface area contributed by atoms with Gasteiger partial charge in [-0.15, -0.1) is 0 Å². The Morgan fingerprint density at radius 3 is 2.34 bits per heavy atom. The molecule has 0 spiro atoms. The van der Waals surface area contributed by atoms with Crippen LogP contribution in [0.3, 0.4) is 0 Å². The first-order chi connectivity index (χ1) is 15.5. The molecule has 7 heteroatoms. The van der Waals surface area contributed by atoms with E-state index in [0.29, 0.717) is 17.9 Å². The molecule has 0 radical (unpaired) electrons. The lowest BCUT2D eigenvalue weighted by molar-refractivity contribution is -0.384. The highest BCUT2D eigenvalue weighted by molar-refractivity contribution is 5.96. The Balaban J connectivity index is 1.66. The van der Waals surface area contributed by atoms with Crippen LogP contribution in [0.15, 0.2) is 78.9 Å². The Morgan fingerprint density at radius 1 is 1.03 bits per heavy atom. The van der Waals surface area contributed by atoms with Crippen LogP contribution < -0.4 is 9.80 Å². The Bertz CT molecular complexity index is 1100. The van der Waals surface area contributed by atoms with Gasteiger partial charge in [0.1, 0.15) is 5.75 Å². The first kappa shape index (κ1) is 21.5. The molecular formula is C25H24N2O5. The van der Waals surface area contributed by atoms with Gasteiger partial charge in [-0.1, -0.05) is 42.5 Å². The number of para-hydroxylation sites is 2. The lowest BCUT2D eigenvalue weighted by atomic mass is 9.90. The lowest BCUT2D eigenvalue weighted by Crippen LogP contribution is -2.28. The first-order valence-corrected chi connectivity index (χ1v) is 10.4. The van der Waals surface area contributed by atoms with E-state index in [2.05, 4.69) is 0 Å². The highest BCUT2D eigenvalue weighted by atomic mass is 16.7. The number of benzene rings is 3. The minimum atomic E-state index is -0.411. The topological polar surface area (TPSA) is 81.9 Å². The molecule has 0 saturated carbocycles. The van der Waals surface area contributed by atoms with E-state index in [4.69, 9.17) is 9.57 Å². The van der Waals surface area contributed by atoms with Gasteiger partial charge in [0, 0.05) is 18.1 Å². The number of Topliss-reactive ketones (excluding diaryl/α,β-unsaturated/α-hetero) is 1. The van der Waals surface area contributed by atoms with E-state index in [1.54, 1.807) is 24.3 Å². The van der Waals surface area contributed by atoms with E-state index in [-0.39, 0.29) is 29.5 Å². The monoisotopic (exact) mass is 432 g/mol. The second kappa shape index (κ2) is 9.20. The second-order valence-corrected chi connectivity index (χ2v) is 7.79. The minimum absolute atomic E-state index is 0.0372. The molecule has 4 rings (SSSR count). The van der Waals surface area contributed by atoms with Crippen LogP contribution in [0.2, 0.25) is 0 Å². The van der Waals surface area contributed by atoms with E-state index >= 15 is 0 Å². The van der Waals surface area contributed by atoms with Crippen molar-refractivity contribution in [3.05, 3.63) is 100 Å². The van der Waals surface area contributed by atoms with E-state index in [1.807, 2.05) is 54.5 Å². The highest BCUT2D eigenvalue weighted by Gasteiger charge is 2.43. The summed E-state index contributed by atoms with van der Waals surface area (Å²) in [4.78, 5) is 28.9. The number of ketones is 1. The zero-order valence-corrected chi connectivity index (χ0v) is 17.9. The molecule has 0 bridgehead atoms. The molecule has 7 nitrogen and oxygen atoms in total. The van der Waals surface area contributed by atoms with Crippen molar-refractivity contribution >= 4 is 17.2 Å². The smallest absolute Gasteiger partial charge is 0.269 e. The number of hydrogen-bond donors (Lipinski definition) is 0. The fourth-order valence-electron chi connectivity index (χ4n) is 4.02. The standard InChI is InChI=1S/C25H24N2O5/c1-17(28)22-10-6-7-11-24(22)31-16-23-18(2)32-26(20-8-4-3-5-9-20)25(23)19-12-14-21(15-13-19)27(29)30/h3-15,18,23,25H,16H2,1-2H3/t18-,23-,25+/m0/s1. The molecular weight excluding hydrogens is 408 g/mol. The summed E-state index contributed by atoms with van der Waals surface area (Å²) in [5.41, 5.74) is 2.34. The Labute approximate surface area is 186 Å². The van der Waals surface area contributed by atoms with Crippen molar-refractivity contribution in [2.24, 2.45) is 5.92 Å². The number of hydrogen-bond acceptors (Lipinski definition) is 6. The van der Waals surface area contributed by atoms with Crippen LogP contribution in [0.5, 0.6) is 5.75 Å². The molecule has 0 aromatic heterocycles. The quantitative estimate of drug-likeness (QED) is 0.283. The van der Waals surface area contributed by atoms with Gasteiger partial charge in [0.25, 0.3) is 5.69 Å². The summed E-state index contributed by atoms with van der Waals surface area (Å²) in [7, 11) is 0. The normalized spacial score (nSPS) is 20.2. The number of non-ortho nitro benzene ring substituents is 1. The SMILES string of the molecule is CC(=O)c1ccccc1OC[C@H]1[C@H](C)ON(c2ccccc2)[C@@H]1c1ccc([N+](=O)[O-])cc1. The number of carbonyl (C=O) groups excluding carboxylic acids is 1. The van der Waals surface area contributed by atoms with Gasteiger partial charge in [-0.05, 0) is 43.7 Å². The third kappa shape index (κ3) is 4.33. The average molecular weight is 432 g/mol. The third-order valence-electron chi connectivity index (χ3n) is 5.69. The number of carbonyl (C=O) groups is 1. The first-order valence-electron chi connectivity index (χ1n) is 10.4. The zero-order valence-electron chi connectivity index (χ0n) is 17.9. The number of nitro groups is 1. The van der Waals surface area contributed by atoms with Gasteiger partial charge < -0.3 is 4.74 Å². The average Bonchev–Trinajstić information content (AvgIpc) is 3.14. The molecule has 32 heavy (non-hydrogen) atoms. The Hall–Kier alpha value is -3.71. The summed E-state index contributed by atoms with van der Waals surface area (Å²) in [5, 5.41) is 12.9. The molecule has 1 heterocycles. The van der Waals surface area contributed by atoms with Crippen molar-refractivity contribution in [1.82, 2.24) is 0 Å². The molecule has 3 atom stereocenters. The molecule has 1 aliphatic heterocycles. The maximum Gasteiger partial charge on any atom is 0.269 e. The predicted molar refractivity (Wildman–Crippen MR) is 121 cm³/mol. The molecule has 0 aliphatic carbocycles. The van der Waals surface area contributed by atoms with E-state index in [1.165, 1.54) is 19.1 Å². The lowest BCUT2D eigenvalue weighted by Gasteiger charge is -2.27. The zero-order chi connectivity index (χ0) is 22.7. The van der Waals surface area contributed by atoms with Crippen LogP contribution in [-0.2, 0) is 4.84 Å². The van der Waals surface area contributed by atoms with Crippen LogP contribution in [0, 0.1) is 16.0 Å².